The molecule has 0 unspecified atom stereocenters. The Bertz CT molecular complexity index is 252. The third-order valence-electron chi connectivity index (χ3n) is 1.09. The van der Waals surface area contributed by atoms with Gasteiger partial charge in [-0.15, -0.1) is 0 Å². The summed E-state index contributed by atoms with van der Waals surface area (Å²) in [6.07, 6.45) is 1.41. The summed E-state index contributed by atoms with van der Waals surface area (Å²) in [4.78, 5) is 12.0. The van der Waals surface area contributed by atoms with E-state index >= 15 is 0 Å². The fourth-order valence-corrected chi connectivity index (χ4v) is 0.693. The molecule has 0 aliphatic heterocycles. The maximum atomic E-state index is 5.27. The topological polar surface area (TPSA) is 70.3 Å². The zero-order valence-electron chi connectivity index (χ0n) is 7.02. The van der Waals surface area contributed by atoms with E-state index < -0.39 is 0 Å². The normalized spacial score (nSPS) is 10.0. The van der Waals surface area contributed by atoms with Crippen LogP contribution in [-0.2, 0) is 0 Å². The van der Waals surface area contributed by atoms with Gasteiger partial charge in [-0.1, -0.05) is 0 Å². The van der Waals surface area contributed by atoms with Crippen LogP contribution in [0.5, 0.6) is 11.8 Å². The Morgan fingerprint density at radius 1 is 1.33 bits per heavy atom. The molecular formula is C7H11N3O2. The largest absolute Gasteiger partial charge is 0.475 e. The van der Waals surface area contributed by atoms with Crippen molar-refractivity contribution in [3.05, 3.63) is 12.4 Å². The van der Waals surface area contributed by atoms with Crippen molar-refractivity contribution in [3.8, 4) is 11.8 Å². The zero-order chi connectivity index (χ0) is 8.97. The van der Waals surface area contributed by atoms with Crippen LogP contribution in [0.1, 0.15) is 13.8 Å². The van der Waals surface area contributed by atoms with E-state index in [1.54, 1.807) is 0 Å². The van der Waals surface area contributed by atoms with Crippen LogP contribution >= 0.6 is 0 Å². The molecule has 0 bridgehead atoms. The summed E-state index contributed by atoms with van der Waals surface area (Å²) in [6, 6.07) is 1.53. The van der Waals surface area contributed by atoms with E-state index in [1.165, 1.54) is 12.4 Å². The molecule has 5 nitrogen and oxygen atoms in total. The van der Waals surface area contributed by atoms with E-state index in [0.717, 1.165) is 0 Å². The van der Waals surface area contributed by atoms with E-state index in [1.807, 2.05) is 13.8 Å². The molecule has 0 aliphatic rings. The number of hydrogen-bond donors (Lipinski definition) is 1. The number of aromatic nitrogens is 2. The summed E-state index contributed by atoms with van der Waals surface area (Å²) >= 11 is 0. The second-order valence-electron chi connectivity index (χ2n) is 2.48. The molecule has 0 aromatic carbocycles. The Kier molecular flexibility index (Phi) is 2.82. The first-order valence-corrected chi connectivity index (χ1v) is 3.58. The second-order valence-corrected chi connectivity index (χ2v) is 2.48. The molecular weight excluding hydrogens is 158 g/mol. The van der Waals surface area contributed by atoms with E-state index in [9.17, 15) is 0 Å². The predicted molar refractivity (Wildman–Crippen MR) is 42.6 cm³/mol. The predicted octanol–water partition coefficient (Wildman–Crippen LogP) is 0.516. The van der Waals surface area contributed by atoms with Crippen molar-refractivity contribution < 1.29 is 9.57 Å². The maximum Gasteiger partial charge on any atom is 0.244 e. The van der Waals surface area contributed by atoms with Gasteiger partial charge in [0.05, 0.1) is 12.2 Å². The van der Waals surface area contributed by atoms with Gasteiger partial charge in [-0.2, -0.15) is 10.9 Å². The van der Waals surface area contributed by atoms with Crippen molar-refractivity contribution in [2.24, 2.45) is 5.90 Å². The SMILES string of the molecule is CC(C)Oc1cc(ON)ncn1. The quantitative estimate of drug-likeness (QED) is 0.668. The molecule has 5 heteroatoms. The Morgan fingerprint density at radius 2 is 2.00 bits per heavy atom. The molecule has 0 saturated heterocycles. The monoisotopic (exact) mass is 169 g/mol. The standard InChI is InChI=1S/C7H11N3O2/c1-5(2)11-6-3-7(12-8)10-4-9-6/h3-5H,8H2,1-2H3. The first kappa shape index (κ1) is 8.73. The van der Waals surface area contributed by atoms with Gasteiger partial charge in [0.2, 0.25) is 11.8 Å². The molecule has 1 aromatic rings. The molecule has 2 N–H and O–H groups in total. The van der Waals surface area contributed by atoms with Crippen LogP contribution in [0.2, 0.25) is 0 Å². The van der Waals surface area contributed by atoms with Gasteiger partial charge in [-0.3, -0.25) is 0 Å². The second kappa shape index (κ2) is 3.87. The minimum atomic E-state index is 0.0746. The first-order valence-electron chi connectivity index (χ1n) is 3.58. The minimum Gasteiger partial charge on any atom is -0.475 e. The van der Waals surface area contributed by atoms with Gasteiger partial charge in [0, 0.05) is 0 Å². The van der Waals surface area contributed by atoms with Crippen molar-refractivity contribution in [2.45, 2.75) is 20.0 Å². The number of hydrogen-bond acceptors (Lipinski definition) is 5. The summed E-state index contributed by atoms with van der Waals surface area (Å²) < 4.78 is 5.27. The number of nitrogens with two attached hydrogens (primary N) is 1. The first-order chi connectivity index (χ1) is 5.72. The van der Waals surface area contributed by atoms with Crippen molar-refractivity contribution in [2.75, 3.05) is 0 Å². The van der Waals surface area contributed by atoms with E-state index in [0.29, 0.717) is 11.8 Å². The lowest BCUT2D eigenvalue weighted by Gasteiger charge is -2.07. The Morgan fingerprint density at radius 3 is 2.58 bits per heavy atom. The van der Waals surface area contributed by atoms with Crippen LogP contribution in [0, 0.1) is 0 Å². The third-order valence-corrected chi connectivity index (χ3v) is 1.09. The molecule has 0 aliphatic carbocycles. The average Bonchev–Trinajstić information content (AvgIpc) is 2.03. The highest BCUT2D eigenvalue weighted by atomic mass is 16.6. The Hall–Kier alpha value is -1.36. The van der Waals surface area contributed by atoms with Gasteiger partial charge in [0.25, 0.3) is 0 Å². The lowest BCUT2D eigenvalue weighted by atomic mass is 10.5. The highest BCUT2D eigenvalue weighted by Gasteiger charge is 2.01. The summed E-state index contributed by atoms with van der Waals surface area (Å²) in [5.41, 5.74) is 0. The molecule has 1 rings (SSSR count). The summed E-state index contributed by atoms with van der Waals surface area (Å²) in [5, 5.41) is 0. The molecule has 1 heterocycles. The molecule has 0 amide bonds. The van der Waals surface area contributed by atoms with Gasteiger partial charge in [-0.25, -0.2) is 4.98 Å². The van der Waals surface area contributed by atoms with Crippen molar-refractivity contribution >= 4 is 0 Å². The lowest BCUT2D eigenvalue weighted by Crippen LogP contribution is -2.08. The number of ether oxygens (including phenoxy) is 1. The van der Waals surface area contributed by atoms with E-state index in [-0.39, 0.29) is 6.10 Å². The van der Waals surface area contributed by atoms with E-state index in [4.69, 9.17) is 10.6 Å². The fraction of sp³-hybridized carbons (Fsp3) is 0.429. The molecule has 1 aromatic heterocycles. The van der Waals surface area contributed by atoms with Gasteiger partial charge in [0.1, 0.15) is 6.33 Å². The summed E-state index contributed by atoms with van der Waals surface area (Å²) in [7, 11) is 0. The fourth-order valence-electron chi connectivity index (χ4n) is 0.693. The lowest BCUT2D eigenvalue weighted by molar-refractivity contribution is 0.229. The molecule has 66 valence electrons. The Balaban J connectivity index is 2.72. The Labute approximate surface area is 70.5 Å². The third kappa shape index (κ3) is 2.35. The molecule has 0 radical (unpaired) electrons. The van der Waals surface area contributed by atoms with E-state index in [2.05, 4.69) is 14.8 Å². The van der Waals surface area contributed by atoms with Crippen LogP contribution in [0.25, 0.3) is 0 Å². The highest BCUT2D eigenvalue weighted by Crippen LogP contribution is 2.12. The summed E-state index contributed by atoms with van der Waals surface area (Å²) in [5.74, 6) is 5.65. The highest BCUT2D eigenvalue weighted by molar-refractivity contribution is 5.17. The number of rotatable bonds is 3. The van der Waals surface area contributed by atoms with Gasteiger partial charge in [0.15, 0.2) is 0 Å². The smallest absolute Gasteiger partial charge is 0.244 e. The van der Waals surface area contributed by atoms with Gasteiger partial charge < -0.3 is 9.57 Å². The minimum absolute atomic E-state index is 0.0746. The van der Waals surface area contributed by atoms with Crippen LogP contribution in [0.3, 0.4) is 0 Å². The van der Waals surface area contributed by atoms with Crippen molar-refractivity contribution in [1.82, 2.24) is 9.97 Å². The van der Waals surface area contributed by atoms with Crippen molar-refractivity contribution in [3.63, 3.8) is 0 Å². The van der Waals surface area contributed by atoms with Crippen LogP contribution in [-0.4, -0.2) is 16.1 Å². The summed E-state index contributed by atoms with van der Waals surface area (Å²) in [6.45, 7) is 3.82. The van der Waals surface area contributed by atoms with Gasteiger partial charge in [-0.05, 0) is 13.8 Å². The number of nitrogens with zero attached hydrogens (tertiary/aromatic N) is 2. The molecule has 0 atom stereocenters. The van der Waals surface area contributed by atoms with Crippen LogP contribution < -0.4 is 15.5 Å². The maximum absolute atomic E-state index is 5.27. The zero-order valence-corrected chi connectivity index (χ0v) is 7.02. The van der Waals surface area contributed by atoms with Gasteiger partial charge >= 0.3 is 0 Å². The molecule has 0 saturated carbocycles. The molecule has 0 fully saturated rings. The molecule has 12 heavy (non-hydrogen) atoms. The average molecular weight is 169 g/mol. The molecule has 0 spiro atoms. The van der Waals surface area contributed by atoms with Crippen LogP contribution in [0.15, 0.2) is 12.4 Å². The van der Waals surface area contributed by atoms with Crippen LogP contribution in [0.4, 0.5) is 0 Å². The van der Waals surface area contributed by atoms with Crippen molar-refractivity contribution in [1.29, 1.82) is 0 Å².